The summed E-state index contributed by atoms with van der Waals surface area (Å²) in [6.45, 7) is 2.73. The zero-order valence-electron chi connectivity index (χ0n) is 14.9. The number of nitrogens with zero attached hydrogens (tertiary/aromatic N) is 1. The highest BCUT2D eigenvalue weighted by Crippen LogP contribution is 2.22. The number of carbonyl (C=O) groups is 1. The highest BCUT2D eigenvalue weighted by Gasteiger charge is 2.21. The zero-order valence-corrected chi connectivity index (χ0v) is 14.9. The molecule has 0 bridgehead atoms. The number of amides is 1. The Kier molecular flexibility index (Phi) is 7.01. The first kappa shape index (κ1) is 18.2. The molecule has 0 aliphatic rings. The topological polar surface area (TPSA) is 32.3 Å². The van der Waals surface area contributed by atoms with Crippen LogP contribution in [0.3, 0.4) is 0 Å². The van der Waals surface area contributed by atoms with Gasteiger partial charge >= 0.3 is 0 Å². The summed E-state index contributed by atoms with van der Waals surface area (Å²) in [5, 5.41) is 3.17. The van der Waals surface area contributed by atoms with Crippen LogP contribution in [0.5, 0.6) is 0 Å². The van der Waals surface area contributed by atoms with Gasteiger partial charge in [-0.1, -0.05) is 74.0 Å². The zero-order chi connectivity index (χ0) is 17.4. The van der Waals surface area contributed by atoms with Crippen molar-refractivity contribution in [3.05, 3.63) is 71.8 Å². The maximum absolute atomic E-state index is 12.8. The van der Waals surface area contributed by atoms with Gasteiger partial charge in [0, 0.05) is 6.54 Å². The molecule has 0 saturated heterocycles. The molecule has 3 heteroatoms. The van der Waals surface area contributed by atoms with Crippen LogP contribution < -0.4 is 5.32 Å². The van der Waals surface area contributed by atoms with Crippen LogP contribution in [0.25, 0.3) is 0 Å². The Bertz CT molecular complexity index is 610. The van der Waals surface area contributed by atoms with Crippen LogP contribution in [-0.4, -0.2) is 31.4 Å². The summed E-state index contributed by atoms with van der Waals surface area (Å²) < 4.78 is 0. The number of hydrogen-bond acceptors (Lipinski definition) is 2. The van der Waals surface area contributed by atoms with E-state index in [9.17, 15) is 4.79 Å². The molecule has 2 aromatic carbocycles. The quantitative estimate of drug-likeness (QED) is 0.796. The van der Waals surface area contributed by atoms with Crippen molar-refractivity contribution >= 4 is 5.91 Å². The highest BCUT2D eigenvalue weighted by atomic mass is 16.1. The van der Waals surface area contributed by atoms with E-state index in [0.717, 1.165) is 18.4 Å². The summed E-state index contributed by atoms with van der Waals surface area (Å²) in [4.78, 5) is 14.9. The van der Waals surface area contributed by atoms with Crippen LogP contribution in [0, 0.1) is 0 Å². The molecule has 128 valence electrons. The first-order valence-corrected chi connectivity index (χ1v) is 8.67. The molecule has 0 fully saturated rings. The second-order valence-corrected chi connectivity index (χ2v) is 6.39. The van der Waals surface area contributed by atoms with E-state index >= 15 is 0 Å². The van der Waals surface area contributed by atoms with Crippen molar-refractivity contribution in [3.63, 3.8) is 0 Å². The van der Waals surface area contributed by atoms with E-state index in [-0.39, 0.29) is 17.9 Å². The third-order valence-corrected chi connectivity index (χ3v) is 4.37. The highest BCUT2D eigenvalue weighted by molar-refractivity contribution is 5.83. The molecule has 1 amide bonds. The first-order chi connectivity index (χ1) is 11.6. The Labute approximate surface area is 145 Å². The average Bonchev–Trinajstić information content (AvgIpc) is 2.61. The molecule has 0 spiro atoms. The van der Waals surface area contributed by atoms with E-state index in [0.29, 0.717) is 6.54 Å². The van der Waals surface area contributed by atoms with Crippen molar-refractivity contribution in [3.8, 4) is 0 Å². The molecule has 2 rings (SSSR count). The van der Waals surface area contributed by atoms with Crippen molar-refractivity contribution in [2.24, 2.45) is 0 Å². The van der Waals surface area contributed by atoms with Gasteiger partial charge in [-0.3, -0.25) is 4.79 Å². The predicted molar refractivity (Wildman–Crippen MR) is 100.0 cm³/mol. The third-order valence-electron chi connectivity index (χ3n) is 4.37. The van der Waals surface area contributed by atoms with Gasteiger partial charge in [0.15, 0.2) is 0 Å². The second kappa shape index (κ2) is 9.24. The molecular formula is C21H28N2O. The van der Waals surface area contributed by atoms with Gasteiger partial charge in [-0.2, -0.15) is 0 Å². The van der Waals surface area contributed by atoms with Crippen LogP contribution in [0.1, 0.15) is 42.9 Å². The van der Waals surface area contributed by atoms with E-state index in [1.807, 2.05) is 62.6 Å². The smallest absolute Gasteiger partial charge is 0.227 e. The fourth-order valence-electron chi connectivity index (χ4n) is 3.02. The van der Waals surface area contributed by atoms with Gasteiger partial charge in [0.25, 0.3) is 0 Å². The number of likely N-dealkylation sites (N-methyl/N-ethyl adjacent to an activating group) is 1. The molecular weight excluding hydrogens is 296 g/mol. The maximum Gasteiger partial charge on any atom is 0.227 e. The minimum Gasteiger partial charge on any atom is -0.354 e. The Hall–Kier alpha value is -2.13. The minimum atomic E-state index is -0.0743. The monoisotopic (exact) mass is 324 g/mol. The molecule has 2 atom stereocenters. The molecule has 0 aromatic heterocycles. The van der Waals surface area contributed by atoms with Crippen LogP contribution in [0.15, 0.2) is 60.7 Å². The Morgan fingerprint density at radius 2 is 1.50 bits per heavy atom. The van der Waals surface area contributed by atoms with Crippen LogP contribution in [0.2, 0.25) is 0 Å². The molecule has 0 radical (unpaired) electrons. The first-order valence-electron chi connectivity index (χ1n) is 8.67. The molecule has 3 nitrogen and oxygen atoms in total. The number of nitrogens with one attached hydrogen (secondary N) is 1. The lowest BCUT2D eigenvalue weighted by molar-refractivity contribution is -0.123. The fraction of sp³-hybridized carbons (Fsp3) is 0.381. The van der Waals surface area contributed by atoms with E-state index in [1.54, 1.807) is 0 Å². The molecule has 24 heavy (non-hydrogen) atoms. The maximum atomic E-state index is 12.8. The van der Waals surface area contributed by atoms with Gasteiger partial charge in [-0.15, -0.1) is 0 Å². The van der Waals surface area contributed by atoms with Gasteiger partial charge in [-0.05, 0) is 31.6 Å². The lowest BCUT2D eigenvalue weighted by Gasteiger charge is -2.26. The van der Waals surface area contributed by atoms with E-state index in [4.69, 9.17) is 0 Å². The number of benzene rings is 2. The van der Waals surface area contributed by atoms with Gasteiger partial charge < -0.3 is 10.2 Å². The van der Waals surface area contributed by atoms with Gasteiger partial charge in [-0.25, -0.2) is 0 Å². The summed E-state index contributed by atoms with van der Waals surface area (Å²) in [6.07, 6.45) is 1.86. The summed E-state index contributed by atoms with van der Waals surface area (Å²) >= 11 is 0. The van der Waals surface area contributed by atoms with Gasteiger partial charge in [0.2, 0.25) is 5.91 Å². The fourth-order valence-corrected chi connectivity index (χ4v) is 3.02. The largest absolute Gasteiger partial charge is 0.354 e. The molecule has 0 saturated carbocycles. The molecule has 0 aliphatic carbocycles. The summed E-state index contributed by atoms with van der Waals surface area (Å²) in [6, 6.07) is 20.6. The van der Waals surface area contributed by atoms with Crippen molar-refractivity contribution in [2.45, 2.75) is 31.7 Å². The van der Waals surface area contributed by atoms with Crippen LogP contribution >= 0.6 is 0 Å². The van der Waals surface area contributed by atoms with Gasteiger partial charge in [0.05, 0.1) is 12.0 Å². The summed E-state index contributed by atoms with van der Waals surface area (Å²) in [5.41, 5.74) is 2.31. The average molecular weight is 324 g/mol. The lowest BCUT2D eigenvalue weighted by Crippen LogP contribution is -2.37. The van der Waals surface area contributed by atoms with Crippen LogP contribution in [0.4, 0.5) is 0 Å². The standard InChI is InChI=1S/C21H28N2O/c1-4-11-19(17-12-7-5-8-13-17)21(24)22-16-20(23(2)3)18-14-9-6-10-15-18/h5-10,12-15,19-20H,4,11,16H2,1-3H3,(H,22,24)/t19-,20-/m1/s1. The van der Waals surface area contributed by atoms with E-state index < -0.39 is 0 Å². The van der Waals surface area contributed by atoms with E-state index in [1.165, 1.54) is 5.56 Å². The predicted octanol–water partition coefficient (Wildman–Crippen LogP) is 3.99. The van der Waals surface area contributed by atoms with Crippen molar-refractivity contribution < 1.29 is 4.79 Å². The third kappa shape index (κ3) is 4.93. The molecule has 0 aliphatic heterocycles. The van der Waals surface area contributed by atoms with E-state index in [2.05, 4.69) is 29.3 Å². The normalized spacial score (nSPS) is 13.5. The summed E-state index contributed by atoms with van der Waals surface area (Å²) in [7, 11) is 4.09. The number of rotatable bonds is 8. The van der Waals surface area contributed by atoms with Crippen LogP contribution in [-0.2, 0) is 4.79 Å². The molecule has 0 heterocycles. The number of carbonyl (C=O) groups excluding carboxylic acids is 1. The minimum absolute atomic E-state index is 0.0743. The number of hydrogen-bond donors (Lipinski definition) is 1. The Balaban J connectivity index is 2.06. The SMILES string of the molecule is CCC[C@@H](C(=O)NC[C@H](c1ccccc1)N(C)C)c1ccccc1. The molecule has 0 unspecified atom stereocenters. The molecule has 1 N–H and O–H groups in total. The Morgan fingerprint density at radius 3 is 2.00 bits per heavy atom. The van der Waals surface area contributed by atoms with Crippen molar-refractivity contribution in [1.82, 2.24) is 10.2 Å². The van der Waals surface area contributed by atoms with Gasteiger partial charge in [0.1, 0.15) is 0 Å². The van der Waals surface area contributed by atoms with Crippen molar-refractivity contribution in [1.29, 1.82) is 0 Å². The lowest BCUT2D eigenvalue weighted by atomic mass is 9.93. The Morgan fingerprint density at radius 1 is 0.958 bits per heavy atom. The molecule has 2 aromatic rings. The second-order valence-electron chi connectivity index (χ2n) is 6.39. The summed E-state index contributed by atoms with van der Waals surface area (Å²) in [5.74, 6) is 0.0422. The van der Waals surface area contributed by atoms with Crippen molar-refractivity contribution in [2.75, 3.05) is 20.6 Å².